The molecule has 0 radical (unpaired) electrons. The number of aromatic carboxylic acids is 1. The number of carboxylic acid groups (broad SMARTS) is 1. The third-order valence-corrected chi connectivity index (χ3v) is 3.92. The van der Waals surface area contributed by atoms with Gasteiger partial charge in [-0.2, -0.15) is 10.1 Å². The van der Waals surface area contributed by atoms with Crippen molar-refractivity contribution < 1.29 is 14.7 Å². The third kappa shape index (κ3) is 2.94. The Morgan fingerprint density at radius 2 is 1.92 bits per heavy atom. The highest BCUT2D eigenvalue weighted by Crippen LogP contribution is 2.28. The fourth-order valence-corrected chi connectivity index (χ4v) is 2.57. The lowest BCUT2D eigenvalue weighted by Gasteiger charge is -2.14. The Balaban J connectivity index is 1.98. The smallest absolute Gasteiger partial charge is 0.280 e. The van der Waals surface area contributed by atoms with E-state index >= 15 is 0 Å². The molecule has 0 saturated heterocycles. The van der Waals surface area contributed by atoms with Crippen LogP contribution in [0, 0.1) is 0 Å². The van der Waals surface area contributed by atoms with Crippen LogP contribution in [0.5, 0.6) is 0 Å². The van der Waals surface area contributed by atoms with E-state index in [4.69, 9.17) is 11.6 Å². The number of carbonyl (C=O) groups is 2. The summed E-state index contributed by atoms with van der Waals surface area (Å²) in [6, 6.07) is 13.6. The van der Waals surface area contributed by atoms with Gasteiger partial charge in [0, 0.05) is 10.6 Å². The number of hydrogen-bond donors (Lipinski definition) is 0. The minimum atomic E-state index is -1.41. The van der Waals surface area contributed by atoms with Crippen molar-refractivity contribution >= 4 is 41.0 Å². The van der Waals surface area contributed by atoms with Gasteiger partial charge in [0.1, 0.15) is 0 Å². The van der Waals surface area contributed by atoms with E-state index in [2.05, 4.69) is 5.10 Å². The lowest BCUT2D eigenvalue weighted by molar-refractivity contribution is -0.255. The van der Waals surface area contributed by atoms with Gasteiger partial charge in [-0.15, -0.1) is 0 Å². The van der Waals surface area contributed by atoms with E-state index in [1.807, 2.05) is 30.3 Å². The molecule has 0 spiro atoms. The van der Waals surface area contributed by atoms with E-state index in [-0.39, 0.29) is 16.5 Å². The van der Waals surface area contributed by atoms with E-state index in [9.17, 15) is 14.7 Å². The van der Waals surface area contributed by atoms with Gasteiger partial charge in [-0.05, 0) is 36.8 Å². The van der Waals surface area contributed by atoms with Crippen molar-refractivity contribution in [1.29, 1.82) is 0 Å². The fraction of sp³-hybridized carbons (Fsp3) is 0.0556. The molecule has 1 amide bonds. The first-order valence-corrected chi connectivity index (χ1v) is 7.53. The van der Waals surface area contributed by atoms with Gasteiger partial charge in [-0.25, -0.2) is 0 Å². The van der Waals surface area contributed by atoms with E-state index in [1.54, 1.807) is 13.0 Å². The summed E-state index contributed by atoms with van der Waals surface area (Å²) in [5.74, 6) is -1.74. The lowest BCUT2D eigenvalue weighted by atomic mass is 10.1. The molecule has 0 N–H and O–H groups in total. The highest BCUT2D eigenvalue weighted by molar-refractivity contribution is 6.34. The predicted octanol–water partition coefficient (Wildman–Crippen LogP) is 2.51. The van der Waals surface area contributed by atoms with Crippen molar-refractivity contribution in [2.24, 2.45) is 5.10 Å². The molecule has 0 bridgehead atoms. The molecule has 1 heterocycles. The monoisotopic (exact) mass is 339 g/mol. The number of anilines is 1. The summed E-state index contributed by atoms with van der Waals surface area (Å²) in [4.78, 5) is 23.7. The normalized spacial score (nSPS) is 15.8. The summed E-state index contributed by atoms with van der Waals surface area (Å²) in [5.41, 5.74) is 2.01. The summed E-state index contributed by atoms with van der Waals surface area (Å²) in [7, 11) is 0. The van der Waals surface area contributed by atoms with Crippen molar-refractivity contribution in [3.63, 3.8) is 0 Å². The molecule has 5 nitrogen and oxygen atoms in total. The summed E-state index contributed by atoms with van der Waals surface area (Å²) in [6.45, 7) is 1.72. The molecule has 3 rings (SSSR count). The maximum atomic E-state index is 12.6. The van der Waals surface area contributed by atoms with Gasteiger partial charge in [0.25, 0.3) is 5.91 Å². The molecule has 1 aliphatic rings. The number of rotatable bonds is 3. The number of carboxylic acids is 1. The Kier molecular flexibility index (Phi) is 4.18. The first-order chi connectivity index (χ1) is 11.5. The van der Waals surface area contributed by atoms with Crippen LogP contribution in [0.15, 0.2) is 59.2 Å². The van der Waals surface area contributed by atoms with Crippen LogP contribution >= 0.6 is 11.6 Å². The molecule has 0 unspecified atom stereocenters. The van der Waals surface area contributed by atoms with Gasteiger partial charge in [-0.1, -0.05) is 41.9 Å². The average Bonchev–Trinajstić information content (AvgIpc) is 2.84. The quantitative estimate of drug-likeness (QED) is 0.806. The molecule has 0 aliphatic carbocycles. The highest BCUT2D eigenvalue weighted by atomic mass is 35.5. The van der Waals surface area contributed by atoms with Gasteiger partial charge in [0.05, 0.1) is 22.9 Å². The number of carbonyl (C=O) groups excluding carboxylic acids is 2. The highest BCUT2D eigenvalue weighted by Gasteiger charge is 2.29. The van der Waals surface area contributed by atoms with Gasteiger partial charge < -0.3 is 9.90 Å². The van der Waals surface area contributed by atoms with Crippen molar-refractivity contribution in [3.05, 3.63) is 70.3 Å². The molecular formula is C18H12ClN2O3-. The summed E-state index contributed by atoms with van der Waals surface area (Å²) in [6.07, 6.45) is 1.75. The van der Waals surface area contributed by atoms with Crippen molar-refractivity contribution in [1.82, 2.24) is 0 Å². The first-order valence-electron chi connectivity index (χ1n) is 7.15. The standard InChI is InChI=1S/C18H13ClN2O3/c1-11-14(9-12-5-3-2-4-6-12)17(22)21(20-11)13-7-8-16(19)15(10-13)18(23)24/h2-10H,1H3,(H,23,24)/p-1/b14-9+. The zero-order chi connectivity index (χ0) is 17.3. The Bertz CT molecular complexity index is 888. The van der Waals surface area contributed by atoms with Crippen molar-refractivity contribution in [3.8, 4) is 0 Å². The molecule has 0 atom stereocenters. The number of benzene rings is 2. The number of nitrogens with zero attached hydrogens (tertiary/aromatic N) is 2. The third-order valence-electron chi connectivity index (χ3n) is 3.59. The van der Waals surface area contributed by atoms with Crippen LogP contribution in [-0.4, -0.2) is 17.6 Å². The molecule has 2 aromatic carbocycles. The number of amides is 1. The van der Waals surface area contributed by atoms with Gasteiger partial charge in [0.2, 0.25) is 0 Å². The van der Waals surface area contributed by atoms with Crippen LogP contribution in [0.1, 0.15) is 22.8 Å². The van der Waals surface area contributed by atoms with Crippen LogP contribution in [0.25, 0.3) is 6.08 Å². The van der Waals surface area contributed by atoms with Crippen molar-refractivity contribution in [2.45, 2.75) is 6.92 Å². The molecule has 24 heavy (non-hydrogen) atoms. The maximum Gasteiger partial charge on any atom is 0.280 e. The average molecular weight is 340 g/mol. The second-order valence-electron chi connectivity index (χ2n) is 5.22. The van der Waals surface area contributed by atoms with E-state index < -0.39 is 5.97 Å². The number of halogens is 1. The SMILES string of the molecule is CC1=NN(c2ccc(Cl)c(C(=O)[O-])c2)C(=O)/C1=C/c1ccccc1. The van der Waals surface area contributed by atoms with Crippen LogP contribution < -0.4 is 10.1 Å². The molecule has 120 valence electrons. The molecule has 0 fully saturated rings. The molecular weight excluding hydrogens is 328 g/mol. The molecule has 0 saturated carbocycles. The van der Waals surface area contributed by atoms with Crippen LogP contribution in [-0.2, 0) is 4.79 Å². The van der Waals surface area contributed by atoms with Crippen molar-refractivity contribution in [2.75, 3.05) is 5.01 Å². The maximum absolute atomic E-state index is 12.6. The van der Waals surface area contributed by atoms with Gasteiger partial charge in [-0.3, -0.25) is 4.79 Å². The van der Waals surface area contributed by atoms with Crippen LogP contribution in [0.3, 0.4) is 0 Å². The Labute approximate surface area is 143 Å². The largest absolute Gasteiger partial charge is 0.545 e. The predicted molar refractivity (Wildman–Crippen MR) is 90.8 cm³/mol. The Hall–Kier alpha value is -2.92. The zero-order valence-corrected chi connectivity index (χ0v) is 13.4. The van der Waals surface area contributed by atoms with Gasteiger partial charge >= 0.3 is 0 Å². The summed E-state index contributed by atoms with van der Waals surface area (Å²) in [5, 5.41) is 16.5. The molecule has 2 aromatic rings. The molecule has 6 heteroatoms. The first kappa shape index (κ1) is 16.0. The minimum absolute atomic E-state index is 0.0474. The molecule has 0 aromatic heterocycles. The van der Waals surface area contributed by atoms with E-state index in [0.717, 1.165) is 10.6 Å². The summed E-state index contributed by atoms with van der Waals surface area (Å²) < 4.78 is 0. The fourth-order valence-electron chi connectivity index (χ4n) is 2.38. The topological polar surface area (TPSA) is 72.8 Å². The summed E-state index contributed by atoms with van der Waals surface area (Å²) >= 11 is 5.83. The molecule has 1 aliphatic heterocycles. The number of hydrazone groups is 1. The second-order valence-corrected chi connectivity index (χ2v) is 5.63. The van der Waals surface area contributed by atoms with Gasteiger partial charge in [0.15, 0.2) is 0 Å². The Morgan fingerprint density at radius 3 is 2.58 bits per heavy atom. The van der Waals surface area contributed by atoms with Crippen LogP contribution in [0.2, 0.25) is 5.02 Å². The lowest BCUT2D eigenvalue weighted by Crippen LogP contribution is -2.25. The minimum Gasteiger partial charge on any atom is -0.545 e. The second kappa shape index (κ2) is 6.29. The van der Waals surface area contributed by atoms with Crippen LogP contribution in [0.4, 0.5) is 5.69 Å². The van der Waals surface area contributed by atoms with E-state index in [1.165, 1.54) is 18.2 Å². The zero-order valence-electron chi connectivity index (χ0n) is 12.7. The van der Waals surface area contributed by atoms with E-state index in [0.29, 0.717) is 17.0 Å². The Morgan fingerprint density at radius 1 is 1.21 bits per heavy atom. The number of hydrogen-bond acceptors (Lipinski definition) is 4.